The highest BCUT2D eigenvalue weighted by atomic mass is 79.9. The summed E-state index contributed by atoms with van der Waals surface area (Å²) < 4.78 is 11.9. The number of anilines is 1. The van der Waals surface area contributed by atoms with Crippen LogP contribution in [0.2, 0.25) is 5.02 Å². The van der Waals surface area contributed by atoms with Gasteiger partial charge in [0, 0.05) is 5.02 Å². The van der Waals surface area contributed by atoms with Gasteiger partial charge in [0.05, 0.1) is 27.7 Å². The SMILES string of the molecule is COc1cc(/C=C2/SC(=O)N(c3ccc(Cl)cc3)C2=O)cc(Br)c1OCc1cccc(C(=O)O)c1. The number of hydrogen-bond donors (Lipinski definition) is 1. The van der Waals surface area contributed by atoms with Crippen LogP contribution in [0.1, 0.15) is 21.5 Å². The van der Waals surface area contributed by atoms with Gasteiger partial charge < -0.3 is 14.6 Å². The first-order chi connectivity index (χ1) is 16.8. The number of carboxylic acids is 1. The van der Waals surface area contributed by atoms with Crippen molar-refractivity contribution in [1.82, 2.24) is 0 Å². The van der Waals surface area contributed by atoms with Gasteiger partial charge in [-0.25, -0.2) is 9.69 Å². The molecule has 0 bridgehead atoms. The number of hydrogen-bond acceptors (Lipinski definition) is 6. The highest BCUT2D eigenvalue weighted by Crippen LogP contribution is 2.40. The van der Waals surface area contributed by atoms with Crippen molar-refractivity contribution >= 4 is 68.2 Å². The number of halogens is 2. The lowest BCUT2D eigenvalue weighted by atomic mass is 10.1. The van der Waals surface area contributed by atoms with Crippen molar-refractivity contribution in [2.45, 2.75) is 6.61 Å². The van der Waals surface area contributed by atoms with Crippen LogP contribution in [0.5, 0.6) is 11.5 Å². The Balaban J connectivity index is 1.56. The van der Waals surface area contributed by atoms with E-state index in [0.29, 0.717) is 37.8 Å². The van der Waals surface area contributed by atoms with Crippen LogP contribution in [0.25, 0.3) is 6.08 Å². The topological polar surface area (TPSA) is 93.1 Å². The maximum atomic E-state index is 12.9. The number of carbonyl (C=O) groups excluding carboxylic acids is 2. The molecule has 10 heteroatoms. The van der Waals surface area contributed by atoms with E-state index in [9.17, 15) is 14.4 Å². The number of benzene rings is 3. The lowest BCUT2D eigenvalue weighted by Crippen LogP contribution is -2.27. The molecule has 0 aromatic heterocycles. The number of nitrogens with zero attached hydrogens (tertiary/aromatic N) is 1. The van der Waals surface area contributed by atoms with Gasteiger partial charge in [-0.15, -0.1) is 0 Å². The largest absolute Gasteiger partial charge is 0.493 e. The molecule has 0 unspecified atom stereocenters. The van der Waals surface area contributed by atoms with Gasteiger partial charge in [0.15, 0.2) is 11.5 Å². The number of aromatic carboxylic acids is 1. The molecule has 0 atom stereocenters. The van der Waals surface area contributed by atoms with Gasteiger partial charge in [-0.3, -0.25) is 9.59 Å². The van der Waals surface area contributed by atoms with Crippen LogP contribution in [0.15, 0.2) is 70.0 Å². The van der Waals surface area contributed by atoms with E-state index in [2.05, 4.69) is 15.9 Å². The fourth-order valence-electron chi connectivity index (χ4n) is 3.34. The first-order valence-corrected chi connectivity index (χ1v) is 12.1. The molecular weight excluding hydrogens is 558 g/mol. The molecule has 0 saturated carbocycles. The number of ether oxygens (including phenoxy) is 2. The summed E-state index contributed by atoms with van der Waals surface area (Å²) >= 11 is 10.2. The summed E-state index contributed by atoms with van der Waals surface area (Å²) in [5, 5.41) is 9.27. The second kappa shape index (κ2) is 10.6. The molecule has 4 rings (SSSR count). The van der Waals surface area contributed by atoms with Crippen LogP contribution in [-0.4, -0.2) is 29.3 Å². The van der Waals surface area contributed by atoms with Crippen molar-refractivity contribution in [2.24, 2.45) is 0 Å². The lowest BCUT2D eigenvalue weighted by Gasteiger charge is -2.14. The lowest BCUT2D eigenvalue weighted by molar-refractivity contribution is -0.113. The first-order valence-electron chi connectivity index (χ1n) is 10.1. The zero-order valence-electron chi connectivity index (χ0n) is 18.2. The van der Waals surface area contributed by atoms with E-state index in [1.807, 2.05) is 0 Å². The molecule has 3 aromatic carbocycles. The van der Waals surface area contributed by atoms with Gasteiger partial charge in [0.2, 0.25) is 0 Å². The number of carbonyl (C=O) groups is 3. The Morgan fingerprint density at radius 2 is 1.89 bits per heavy atom. The third-order valence-corrected chi connectivity index (χ3v) is 6.70. The van der Waals surface area contributed by atoms with Crippen LogP contribution in [-0.2, 0) is 11.4 Å². The fraction of sp³-hybridized carbons (Fsp3) is 0.0800. The Kier molecular flexibility index (Phi) is 7.49. The van der Waals surface area contributed by atoms with E-state index >= 15 is 0 Å². The van der Waals surface area contributed by atoms with Crippen LogP contribution in [0.3, 0.4) is 0 Å². The molecule has 1 fully saturated rings. The van der Waals surface area contributed by atoms with Crippen LogP contribution in [0, 0.1) is 0 Å². The van der Waals surface area contributed by atoms with Crippen LogP contribution in [0.4, 0.5) is 10.5 Å². The Hall–Kier alpha value is -3.27. The zero-order chi connectivity index (χ0) is 25.1. The average Bonchev–Trinajstić information content (AvgIpc) is 3.11. The standard InChI is InChI=1S/C25H17BrClNO6S/c1-33-20-11-15(10-19(26)22(20)34-13-14-3-2-4-16(9-14)24(30)31)12-21-23(29)28(25(32)35-21)18-7-5-17(27)6-8-18/h2-12H,13H2,1H3,(H,30,31)/b21-12+. The molecule has 0 radical (unpaired) electrons. The third-order valence-electron chi connectivity index (χ3n) is 4.99. The van der Waals surface area contributed by atoms with Gasteiger partial charge in [-0.1, -0.05) is 23.7 Å². The van der Waals surface area contributed by atoms with Crippen molar-refractivity contribution in [3.8, 4) is 11.5 Å². The van der Waals surface area contributed by atoms with Crippen molar-refractivity contribution in [3.63, 3.8) is 0 Å². The minimum Gasteiger partial charge on any atom is -0.493 e. The minimum absolute atomic E-state index is 0.120. The number of thioether (sulfide) groups is 1. The quantitative estimate of drug-likeness (QED) is 0.317. The Morgan fingerprint density at radius 3 is 2.57 bits per heavy atom. The van der Waals surface area contributed by atoms with E-state index in [-0.39, 0.29) is 17.1 Å². The van der Waals surface area contributed by atoms with E-state index in [0.717, 1.165) is 16.7 Å². The maximum absolute atomic E-state index is 12.9. The molecule has 1 aliphatic rings. The monoisotopic (exact) mass is 573 g/mol. The average molecular weight is 575 g/mol. The van der Waals surface area contributed by atoms with Crippen molar-refractivity contribution in [3.05, 3.63) is 91.8 Å². The maximum Gasteiger partial charge on any atom is 0.335 e. The summed E-state index contributed by atoms with van der Waals surface area (Å²) in [6.45, 7) is 0.120. The summed E-state index contributed by atoms with van der Waals surface area (Å²) in [7, 11) is 1.48. The number of amides is 2. The van der Waals surface area contributed by atoms with Crippen molar-refractivity contribution in [1.29, 1.82) is 0 Å². The second-order valence-corrected chi connectivity index (χ2v) is 9.61. The summed E-state index contributed by atoms with van der Waals surface area (Å²) in [5.74, 6) is -0.636. The predicted molar refractivity (Wildman–Crippen MR) is 138 cm³/mol. The molecule has 2 amide bonds. The molecule has 0 aliphatic carbocycles. The molecule has 178 valence electrons. The van der Waals surface area contributed by atoms with E-state index < -0.39 is 17.1 Å². The van der Waals surface area contributed by atoms with Crippen LogP contribution >= 0.6 is 39.3 Å². The minimum atomic E-state index is -1.02. The van der Waals surface area contributed by atoms with Crippen molar-refractivity contribution in [2.75, 3.05) is 12.0 Å². The normalized spacial score (nSPS) is 14.5. The molecule has 7 nitrogen and oxygen atoms in total. The van der Waals surface area contributed by atoms with E-state index in [1.54, 1.807) is 54.6 Å². The highest BCUT2D eigenvalue weighted by molar-refractivity contribution is 9.10. The highest BCUT2D eigenvalue weighted by Gasteiger charge is 2.36. The van der Waals surface area contributed by atoms with Gasteiger partial charge in [-0.2, -0.15) is 0 Å². The van der Waals surface area contributed by atoms with E-state index in [1.165, 1.54) is 19.2 Å². The Labute approximate surface area is 218 Å². The molecular formula is C25H17BrClNO6S. The zero-order valence-corrected chi connectivity index (χ0v) is 21.3. The molecule has 3 aromatic rings. The molecule has 1 saturated heterocycles. The van der Waals surface area contributed by atoms with Gasteiger partial charge >= 0.3 is 5.97 Å². The second-order valence-electron chi connectivity index (χ2n) is 7.32. The van der Waals surface area contributed by atoms with Gasteiger partial charge in [-0.05, 0) is 93.4 Å². The molecule has 1 N–H and O–H groups in total. The summed E-state index contributed by atoms with van der Waals surface area (Å²) in [5.41, 5.74) is 1.91. The number of carboxylic acid groups (broad SMARTS) is 1. The first kappa shape index (κ1) is 24.8. The molecule has 1 heterocycles. The number of methoxy groups -OCH3 is 1. The number of imide groups is 1. The van der Waals surface area contributed by atoms with Crippen molar-refractivity contribution < 1.29 is 29.0 Å². The van der Waals surface area contributed by atoms with Crippen LogP contribution < -0.4 is 14.4 Å². The third kappa shape index (κ3) is 5.53. The molecule has 35 heavy (non-hydrogen) atoms. The van der Waals surface area contributed by atoms with E-state index in [4.69, 9.17) is 26.2 Å². The number of rotatable bonds is 7. The summed E-state index contributed by atoms with van der Waals surface area (Å²) in [4.78, 5) is 38.0. The predicted octanol–water partition coefficient (Wildman–Crippen LogP) is 6.63. The Bertz CT molecular complexity index is 1360. The molecule has 0 spiro atoms. The molecule has 1 aliphatic heterocycles. The van der Waals surface area contributed by atoms with Gasteiger partial charge in [0.1, 0.15) is 6.61 Å². The smallest absolute Gasteiger partial charge is 0.335 e. The summed E-state index contributed by atoms with van der Waals surface area (Å²) in [6.07, 6.45) is 1.61. The summed E-state index contributed by atoms with van der Waals surface area (Å²) in [6, 6.07) is 16.3. The Morgan fingerprint density at radius 1 is 1.14 bits per heavy atom. The van der Waals surface area contributed by atoms with Gasteiger partial charge in [0.25, 0.3) is 11.1 Å². The fourth-order valence-corrected chi connectivity index (χ4v) is 4.89.